The summed E-state index contributed by atoms with van der Waals surface area (Å²) < 4.78 is 0. The molecule has 3 heteroatoms. The van der Waals surface area contributed by atoms with Gasteiger partial charge in [-0.25, -0.2) is 0 Å². The molecule has 1 aromatic rings. The first-order chi connectivity index (χ1) is 9.73. The van der Waals surface area contributed by atoms with E-state index in [4.69, 9.17) is 0 Å². The molecule has 0 aliphatic carbocycles. The van der Waals surface area contributed by atoms with Gasteiger partial charge >= 0.3 is 0 Å². The summed E-state index contributed by atoms with van der Waals surface area (Å²) in [5, 5.41) is 3.66. The zero-order chi connectivity index (χ0) is 16.2. The Morgan fingerprint density at radius 1 is 1.05 bits per heavy atom. The minimum absolute atomic E-state index is 0.347. The summed E-state index contributed by atoms with van der Waals surface area (Å²) in [4.78, 5) is 7.13. The van der Waals surface area contributed by atoms with E-state index in [-0.39, 0.29) is 0 Å². The van der Waals surface area contributed by atoms with Crippen LogP contribution in [-0.2, 0) is 0 Å². The highest BCUT2D eigenvalue weighted by atomic mass is 15.2. The molecule has 1 N–H and O–H groups in total. The third kappa shape index (κ3) is 5.08. The first-order valence-electron chi connectivity index (χ1n) is 8.17. The fourth-order valence-electron chi connectivity index (χ4n) is 3.31. The number of hydrogen-bond acceptors (Lipinski definition) is 3. The minimum atomic E-state index is 0.347. The maximum absolute atomic E-state index is 4.60. The second kappa shape index (κ2) is 7.90. The van der Waals surface area contributed by atoms with Crippen LogP contribution in [0, 0.1) is 20.8 Å². The average Bonchev–Trinajstić information content (AvgIpc) is 2.32. The van der Waals surface area contributed by atoms with Crippen molar-refractivity contribution in [3.8, 4) is 0 Å². The molecular formula is C18H33N3. The first-order valence-corrected chi connectivity index (χ1v) is 8.17. The molecule has 1 atom stereocenters. The van der Waals surface area contributed by atoms with E-state index in [1.807, 2.05) is 0 Å². The second-order valence-corrected chi connectivity index (χ2v) is 6.68. The van der Waals surface area contributed by atoms with Crippen molar-refractivity contribution in [2.24, 2.45) is 0 Å². The van der Waals surface area contributed by atoms with Gasteiger partial charge < -0.3 is 5.32 Å². The normalized spacial score (nSPS) is 13.5. The predicted molar refractivity (Wildman–Crippen MR) is 91.8 cm³/mol. The topological polar surface area (TPSA) is 28.2 Å². The maximum atomic E-state index is 4.60. The summed E-state index contributed by atoms with van der Waals surface area (Å²) in [6.07, 6.45) is 0. The highest BCUT2D eigenvalue weighted by molar-refractivity contribution is 5.33. The van der Waals surface area contributed by atoms with Crippen molar-refractivity contribution < 1.29 is 0 Å². The van der Waals surface area contributed by atoms with Gasteiger partial charge in [0.25, 0.3) is 0 Å². The van der Waals surface area contributed by atoms with Crippen LogP contribution >= 0.6 is 0 Å². The van der Waals surface area contributed by atoms with Crippen LogP contribution in [0.2, 0.25) is 0 Å². The number of aromatic nitrogens is 1. The van der Waals surface area contributed by atoms with Crippen LogP contribution in [0.5, 0.6) is 0 Å². The first kappa shape index (κ1) is 18.1. The van der Waals surface area contributed by atoms with Crippen molar-refractivity contribution in [2.45, 2.75) is 73.5 Å². The lowest BCUT2D eigenvalue weighted by atomic mass is 10.0. The van der Waals surface area contributed by atoms with E-state index in [0.29, 0.717) is 18.1 Å². The predicted octanol–water partition coefficient (Wildman–Crippen LogP) is 3.78. The number of rotatable bonds is 7. The molecule has 0 bridgehead atoms. The Kier molecular flexibility index (Phi) is 6.82. The minimum Gasteiger partial charge on any atom is -0.309 e. The Balaban J connectivity index is 2.64. The third-order valence-corrected chi connectivity index (χ3v) is 4.16. The van der Waals surface area contributed by atoms with Gasteiger partial charge in [-0.15, -0.1) is 0 Å². The van der Waals surface area contributed by atoms with Gasteiger partial charge in [-0.05, 0) is 72.6 Å². The van der Waals surface area contributed by atoms with Gasteiger partial charge in [-0.3, -0.25) is 9.88 Å². The van der Waals surface area contributed by atoms with Crippen LogP contribution in [0.4, 0.5) is 0 Å². The molecule has 1 unspecified atom stereocenters. The molecule has 0 saturated carbocycles. The highest BCUT2D eigenvalue weighted by Crippen LogP contribution is 2.21. The maximum Gasteiger partial charge on any atom is 0.0426 e. The van der Waals surface area contributed by atoms with E-state index in [0.717, 1.165) is 24.5 Å². The third-order valence-electron chi connectivity index (χ3n) is 4.16. The Labute approximate surface area is 131 Å². The van der Waals surface area contributed by atoms with Crippen molar-refractivity contribution in [1.82, 2.24) is 15.2 Å². The lowest BCUT2D eigenvalue weighted by Gasteiger charge is -2.31. The SMILES string of the molecule is Cc1cc(C)c(C(C)NCCN(C(C)C)C(C)C)c(C)n1. The molecule has 0 saturated heterocycles. The van der Waals surface area contributed by atoms with E-state index in [1.54, 1.807) is 0 Å². The molecule has 1 rings (SSSR count). The van der Waals surface area contributed by atoms with Crippen LogP contribution in [0.1, 0.15) is 63.2 Å². The summed E-state index contributed by atoms with van der Waals surface area (Å²) in [5.74, 6) is 0. The van der Waals surface area contributed by atoms with Gasteiger partial charge in [0.2, 0.25) is 0 Å². The van der Waals surface area contributed by atoms with Crippen LogP contribution in [0.15, 0.2) is 6.07 Å². The van der Waals surface area contributed by atoms with Crippen molar-refractivity contribution in [3.05, 3.63) is 28.6 Å². The van der Waals surface area contributed by atoms with Crippen LogP contribution in [0.3, 0.4) is 0 Å². The molecule has 0 radical (unpaired) electrons. The Morgan fingerprint density at radius 2 is 1.62 bits per heavy atom. The summed E-state index contributed by atoms with van der Waals surface area (Å²) in [6, 6.07) is 3.70. The molecule has 0 aliphatic heterocycles. The standard InChI is InChI=1S/C18H33N3/c1-12(2)21(13(3)4)10-9-19-16(7)18-14(5)11-15(6)20-17(18)8/h11-13,16,19H,9-10H2,1-8H3. The summed E-state index contributed by atoms with van der Waals surface area (Å²) in [7, 11) is 0. The van der Waals surface area contributed by atoms with Gasteiger partial charge in [-0.2, -0.15) is 0 Å². The summed E-state index contributed by atoms with van der Waals surface area (Å²) in [6.45, 7) is 19.7. The number of hydrogen-bond donors (Lipinski definition) is 1. The quantitative estimate of drug-likeness (QED) is 0.828. The van der Waals surface area contributed by atoms with Crippen LogP contribution < -0.4 is 5.32 Å². The molecule has 120 valence electrons. The number of nitrogens with one attached hydrogen (secondary N) is 1. The second-order valence-electron chi connectivity index (χ2n) is 6.68. The van der Waals surface area contributed by atoms with Gasteiger partial charge in [-0.1, -0.05) is 0 Å². The molecule has 1 aromatic heterocycles. The number of nitrogens with zero attached hydrogens (tertiary/aromatic N) is 2. The highest BCUT2D eigenvalue weighted by Gasteiger charge is 2.15. The van der Waals surface area contributed by atoms with Crippen LogP contribution in [0.25, 0.3) is 0 Å². The van der Waals surface area contributed by atoms with Gasteiger partial charge in [0.05, 0.1) is 0 Å². The van der Waals surface area contributed by atoms with Gasteiger partial charge in [0.1, 0.15) is 0 Å². The van der Waals surface area contributed by atoms with Crippen molar-refractivity contribution in [2.75, 3.05) is 13.1 Å². The Bertz CT molecular complexity index is 421. The number of pyridine rings is 1. The molecule has 1 heterocycles. The monoisotopic (exact) mass is 291 g/mol. The van der Waals surface area contributed by atoms with E-state index in [9.17, 15) is 0 Å². The molecule has 21 heavy (non-hydrogen) atoms. The lowest BCUT2D eigenvalue weighted by molar-refractivity contribution is 0.174. The molecular weight excluding hydrogens is 258 g/mol. The van der Waals surface area contributed by atoms with E-state index < -0.39 is 0 Å². The van der Waals surface area contributed by atoms with Gasteiger partial charge in [0.15, 0.2) is 0 Å². The van der Waals surface area contributed by atoms with Crippen molar-refractivity contribution in [1.29, 1.82) is 0 Å². The lowest BCUT2D eigenvalue weighted by Crippen LogP contribution is -2.41. The van der Waals surface area contributed by atoms with E-state index >= 15 is 0 Å². The van der Waals surface area contributed by atoms with Gasteiger partial charge in [0, 0.05) is 42.6 Å². The van der Waals surface area contributed by atoms with Crippen molar-refractivity contribution in [3.63, 3.8) is 0 Å². The molecule has 0 amide bonds. The fourth-order valence-corrected chi connectivity index (χ4v) is 3.31. The average molecular weight is 291 g/mol. The smallest absolute Gasteiger partial charge is 0.0426 e. The fraction of sp³-hybridized carbons (Fsp3) is 0.722. The Hall–Kier alpha value is -0.930. The molecule has 0 aliphatic rings. The van der Waals surface area contributed by atoms with Crippen molar-refractivity contribution >= 4 is 0 Å². The largest absolute Gasteiger partial charge is 0.309 e. The van der Waals surface area contributed by atoms with E-state index in [2.05, 4.69) is 76.7 Å². The van der Waals surface area contributed by atoms with Crippen LogP contribution in [-0.4, -0.2) is 35.1 Å². The molecule has 0 spiro atoms. The molecule has 0 aromatic carbocycles. The van der Waals surface area contributed by atoms with E-state index in [1.165, 1.54) is 11.1 Å². The molecule has 0 fully saturated rings. The summed E-state index contributed by atoms with van der Waals surface area (Å²) >= 11 is 0. The zero-order valence-electron chi connectivity index (χ0n) is 15.1. The Morgan fingerprint density at radius 3 is 2.10 bits per heavy atom. The molecule has 3 nitrogen and oxygen atoms in total. The summed E-state index contributed by atoms with van der Waals surface area (Å²) in [5.41, 5.74) is 4.94. The zero-order valence-corrected chi connectivity index (χ0v) is 15.1. The number of aryl methyl sites for hydroxylation is 3.